The zero-order valence-corrected chi connectivity index (χ0v) is 24.7. The van der Waals surface area contributed by atoms with Crippen LogP contribution in [0.4, 0.5) is 4.79 Å². The van der Waals surface area contributed by atoms with E-state index >= 15 is 0 Å². The first-order valence-corrected chi connectivity index (χ1v) is 14.3. The van der Waals surface area contributed by atoms with Gasteiger partial charge in [-0.05, 0) is 58.6 Å². The highest BCUT2D eigenvalue weighted by molar-refractivity contribution is 5.82. The molecule has 2 aromatic carbocycles. The molecule has 2 aliphatic rings. The maximum absolute atomic E-state index is 13.8. The molecule has 9 heteroatoms. The Kier molecular flexibility index (Phi) is 9.58. The number of nitrogens with zero attached hydrogens (tertiary/aromatic N) is 1. The van der Waals surface area contributed by atoms with Crippen LogP contribution in [0.5, 0.6) is 11.5 Å². The summed E-state index contributed by atoms with van der Waals surface area (Å²) < 4.78 is 22.1. The van der Waals surface area contributed by atoms with Crippen molar-refractivity contribution in [2.24, 2.45) is 11.8 Å². The van der Waals surface area contributed by atoms with E-state index in [9.17, 15) is 14.4 Å². The standard InChI is InChI=1S/C32H42N2O7/c1-31(2,3)41-30(37)34-19-22(18-23(20-34)29(36)39-5)28(35)33-21-32(16-10-11-17-38-4)24-12-6-8-14-26(24)40-27-15-9-7-13-25(27)32/h6-9,12-15,22-23H,10-11,16-21H2,1-5H3,(H,33,35). The van der Waals surface area contributed by atoms with E-state index in [1.807, 2.05) is 36.4 Å². The van der Waals surface area contributed by atoms with Crippen molar-refractivity contribution in [2.45, 2.75) is 57.5 Å². The highest BCUT2D eigenvalue weighted by atomic mass is 16.6. The Hall–Kier alpha value is -3.59. The molecule has 0 radical (unpaired) electrons. The average molecular weight is 567 g/mol. The lowest BCUT2D eigenvalue weighted by Crippen LogP contribution is -2.53. The van der Waals surface area contributed by atoms with Gasteiger partial charge in [0.05, 0.1) is 18.9 Å². The highest BCUT2D eigenvalue weighted by Gasteiger charge is 2.44. The third-order valence-electron chi connectivity index (χ3n) is 7.80. The van der Waals surface area contributed by atoms with Crippen molar-refractivity contribution in [3.05, 3.63) is 59.7 Å². The van der Waals surface area contributed by atoms with Gasteiger partial charge in [0.1, 0.15) is 17.1 Å². The summed E-state index contributed by atoms with van der Waals surface area (Å²) in [7, 11) is 3.01. The average Bonchev–Trinajstić information content (AvgIpc) is 2.96. The largest absolute Gasteiger partial charge is 0.469 e. The first kappa shape index (κ1) is 30.4. The molecule has 2 amide bonds. The van der Waals surface area contributed by atoms with Gasteiger partial charge in [0, 0.05) is 49.9 Å². The van der Waals surface area contributed by atoms with Crippen LogP contribution in [0.1, 0.15) is 57.6 Å². The third-order valence-corrected chi connectivity index (χ3v) is 7.80. The maximum atomic E-state index is 13.8. The quantitative estimate of drug-likeness (QED) is 0.334. The van der Waals surface area contributed by atoms with Gasteiger partial charge in [-0.2, -0.15) is 0 Å². The van der Waals surface area contributed by atoms with Gasteiger partial charge in [-0.25, -0.2) is 4.79 Å². The maximum Gasteiger partial charge on any atom is 0.410 e. The lowest BCUT2D eigenvalue weighted by molar-refractivity contribution is -0.148. The van der Waals surface area contributed by atoms with Gasteiger partial charge in [-0.15, -0.1) is 0 Å². The number of piperidine rings is 1. The van der Waals surface area contributed by atoms with Gasteiger partial charge in [-0.3, -0.25) is 9.59 Å². The summed E-state index contributed by atoms with van der Waals surface area (Å²) in [5.41, 5.74) is 0.799. The van der Waals surface area contributed by atoms with Gasteiger partial charge in [0.2, 0.25) is 5.91 Å². The van der Waals surface area contributed by atoms with E-state index in [0.29, 0.717) is 13.2 Å². The van der Waals surface area contributed by atoms with Crippen LogP contribution in [-0.2, 0) is 29.2 Å². The first-order chi connectivity index (χ1) is 19.6. The van der Waals surface area contributed by atoms with Crippen molar-refractivity contribution >= 4 is 18.0 Å². The fraction of sp³-hybridized carbons (Fsp3) is 0.531. The van der Waals surface area contributed by atoms with Crippen molar-refractivity contribution in [2.75, 3.05) is 40.5 Å². The molecule has 41 heavy (non-hydrogen) atoms. The summed E-state index contributed by atoms with van der Waals surface area (Å²) in [6, 6.07) is 15.9. The predicted octanol–water partition coefficient (Wildman–Crippen LogP) is 5.06. The minimum Gasteiger partial charge on any atom is -0.469 e. The molecule has 4 rings (SSSR count). The van der Waals surface area contributed by atoms with Crippen LogP contribution in [-0.4, -0.2) is 68.9 Å². The van der Waals surface area contributed by atoms with E-state index in [2.05, 4.69) is 17.4 Å². The monoisotopic (exact) mass is 566 g/mol. The molecule has 0 spiro atoms. The summed E-state index contributed by atoms with van der Waals surface area (Å²) in [6.45, 7) is 6.64. The normalized spacial score (nSPS) is 19.3. The molecular formula is C32H42N2O7. The van der Waals surface area contributed by atoms with Crippen molar-refractivity contribution in [1.82, 2.24) is 10.2 Å². The number of para-hydroxylation sites is 2. The van der Waals surface area contributed by atoms with Crippen molar-refractivity contribution in [3.63, 3.8) is 0 Å². The minimum atomic E-state index is -0.702. The molecule has 2 aliphatic heterocycles. The fourth-order valence-corrected chi connectivity index (χ4v) is 5.87. The molecule has 0 aliphatic carbocycles. The molecule has 1 fully saturated rings. The number of amides is 2. The van der Waals surface area contributed by atoms with Gasteiger partial charge >= 0.3 is 12.1 Å². The van der Waals surface area contributed by atoms with Crippen LogP contribution in [0, 0.1) is 11.8 Å². The molecule has 2 unspecified atom stereocenters. The Balaban J connectivity index is 1.61. The molecular weight excluding hydrogens is 524 g/mol. The summed E-state index contributed by atoms with van der Waals surface area (Å²) in [6.07, 6.45) is 2.27. The van der Waals surface area contributed by atoms with Crippen LogP contribution < -0.4 is 10.1 Å². The van der Waals surface area contributed by atoms with Gasteiger partial charge in [0.15, 0.2) is 0 Å². The van der Waals surface area contributed by atoms with Crippen molar-refractivity contribution in [1.29, 1.82) is 0 Å². The zero-order valence-electron chi connectivity index (χ0n) is 24.7. The molecule has 0 bridgehead atoms. The first-order valence-electron chi connectivity index (χ1n) is 14.3. The topological polar surface area (TPSA) is 103 Å². The summed E-state index contributed by atoms with van der Waals surface area (Å²) in [5.74, 6) is -0.345. The number of fused-ring (bicyclic) bond motifs is 2. The van der Waals surface area contributed by atoms with Gasteiger partial charge < -0.3 is 29.2 Å². The number of rotatable bonds is 9. The second-order valence-corrected chi connectivity index (χ2v) is 11.9. The molecule has 2 aromatic rings. The number of unbranched alkanes of at least 4 members (excludes halogenated alkanes) is 1. The lowest BCUT2D eigenvalue weighted by atomic mass is 9.69. The van der Waals surface area contributed by atoms with E-state index in [-0.39, 0.29) is 25.4 Å². The van der Waals surface area contributed by atoms with Crippen LogP contribution in [0.2, 0.25) is 0 Å². The third kappa shape index (κ3) is 7.01. The van der Waals surface area contributed by atoms with Crippen LogP contribution in [0.25, 0.3) is 0 Å². The van der Waals surface area contributed by atoms with Crippen molar-refractivity contribution in [3.8, 4) is 11.5 Å². The van der Waals surface area contributed by atoms with Crippen LogP contribution in [0.15, 0.2) is 48.5 Å². The molecule has 1 N–H and O–H groups in total. The summed E-state index contributed by atoms with van der Waals surface area (Å²) in [4.78, 5) is 40.7. The lowest BCUT2D eigenvalue weighted by Gasteiger charge is -2.41. The second-order valence-electron chi connectivity index (χ2n) is 11.9. The smallest absolute Gasteiger partial charge is 0.410 e. The molecule has 0 aromatic heterocycles. The molecule has 2 heterocycles. The minimum absolute atomic E-state index is 0.146. The number of carbonyl (C=O) groups is 3. The SMILES string of the molecule is COCCCCC1(CNC(=O)C2CC(C(=O)OC)CN(C(=O)OC(C)(C)C)C2)c2ccccc2Oc2ccccc21. The molecule has 2 atom stereocenters. The number of methoxy groups -OCH3 is 2. The van der Waals surface area contributed by atoms with Crippen molar-refractivity contribution < 1.29 is 33.3 Å². The highest BCUT2D eigenvalue weighted by Crippen LogP contribution is 2.50. The number of hydrogen-bond acceptors (Lipinski definition) is 7. The summed E-state index contributed by atoms with van der Waals surface area (Å²) in [5, 5.41) is 3.21. The number of hydrogen-bond donors (Lipinski definition) is 1. The molecule has 9 nitrogen and oxygen atoms in total. The number of nitrogens with one attached hydrogen (secondary N) is 1. The predicted molar refractivity (Wildman–Crippen MR) is 154 cm³/mol. The van der Waals surface area contributed by atoms with E-state index in [0.717, 1.165) is 41.9 Å². The van der Waals surface area contributed by atoms with Gasteiger partial charge in [0.25, 0.3) is 0 Å². The van der Waals surface area contributed by atoms with E-state index in [4.69, 9.17) is 18.9 Å². The number of esters is 1. The molecule has 222 valence electrons. The Morgan fingerprint density at radius 1 is 0.951 bits per heavy atom. The molecule has 0 saturated carbocycles. The number of benzene rings is 2. The second kappa shape index (κ2) is 12.9. The molecule has 1 saturated heterocycles. The Morgan fingerprint density at radius 2 is 1.56 bits per heavy atom. The Labute approximate surface area is 242 Å². The zero-order chi connectivity index (χ0) is 29.6. The fourth-order valence-electron chi connectivity index (χ4n) is 5.87. The van der Waals surface area contributed by atoms with Crippen LogP contribution >= 0.6 is 0 Å². The summed E-state index contributed by atoms with van der Waals surface area (Å²) >= 11 is 0. The van der Waals surface area contributed by atoms with E-state index < -0.39 is 34.9 Å². The Morgan fingerprint density at radius 3 is 2.15 bits per heavy atom. The number of carbonyl (C=O) groups excluding carboxylic acids is 3. The van der Waals surface area contributed by atoms with Gasteiger partial charge in [-0.1, -0.05) is 36.4 Å². The number of likely N-dealkylation sites (tertiary alicyclic amines) is 1. The number of ether oxygens (including phenoxy) is 4. The van der Waals surface area contributed by atoms with E-state index in [1.54, 1.807) is 27.9 Å². The Bertz CT molecular complexity index is 1190. The van der Waals surface area contributed by atoms with E-state index in [1.165, 1.54) is 12.0 Å². The van der Waals surface area contributed by atoms with Crippen LogP contribution in [0.3, 0.4) is 0 Å².